The summed E-state index contributed by atoms with van der Waals surface area (Å²) >= 11 is 5.86. The molecule has 0 atom stereocenters. The molecule has 3 N–H and O–H groups in total. The first-order valence-corrected chi connectivity index (χ1v) is 10.3. The molecule has 0 radical (unpaired) electrons. The van der Waals surface area contributed by atoms with Crippen LogP contribution in [0.5, 0.6) is 11.5 Å². The third-order valence-electron chi connectivity index (χ3n) is 4.61. The minimum atomic E-state index is -1.61. The maximum Gasteiger partial charge on any atom is 0.243 e. The number of benzene rings is 3. The fourth-order valence-electron chi connectivity index (χ4n) is 2.87. The third-order valence-corrected chi connectivity index (χ3v) is 4.86. The summed E-state index contributed by atoms with van der Waals surface area (Å²) in [6.07, 6.45) is 5.23. The number of aromatic hydroxyl groups is 2. The number of hydrogen-bond acceptors (Lipinski definition) is 5. The molecule has 0 fully saturated rings. The van der Waals surface area contributed by atoms with Crippen LogP contribution in [0, 0.1) is 5.92 Å². The molecule has 0 heterocycles. The highest BCUT2D eigenvalue weighted by molar-refractivity contribution is 6.31. The Bertz CT molecular complexity index is 1130. The minimum Gasteiger partial charge on any atom is -0.508 e. The van der Waals surface area contributed by atoms with E-state index in [0.717, 1.165) is 12.2 Å². The van der Waals surface area contributed by atoms with Crippen molar-refractivity contribution in [1.82, 2.24) is 0 Å². The van der Waals surface area contributed by atoms with Crippen LogP contribution in [0.2, 0.25) is 5.02 Å². The van der Waals surface area contributed by atoms with Crippen LogP contribution in [0.15, 0.2) is 84.9 Å². The minimum absolute atomic E-state index is 0.0771. The number of amides is 1. The predicted molar refractivity (Wildman–Crippen MR) is 128 cm³/mol. The van der Waals surface area contributed by atoms with Crippen LogP contribution >= 0.6 is 11.6 Å². The SMILES string of the molecule is O=C(C=Cc1ccc(O)cc1)C(C(=O)C=Cc1ccc(O)cc1)C(=O)Nc1ccc(Cl)cc1. The summed E-state index contributed by atoms with van der Waals surface area (Å²) in [4.78, 5) is 38.6. The number of nitrogens with one attached hydrogen (secondary N) is 1. The molecule has 0 unspecified atom stereocenters. The summed E-state index contributed by atoms with van der Waals surface area (Å²) in [5, 5.41) is 21.8. The fraction of sp³-hybridized carbons (Fsp3) is 0.0385. The first-order valence-electron chi connectivity index (χ1n) is 9.90. The molecule has 6 nitrogen and oxygen atoms in total. The number of phenols is 2. The average molecular weight is 462 g/mol. The van der Waals surface area contributed by atoms with Crippen LogP contribution in [0.1, 0.15) is 11.1 Å². The van der Waals surface area contributed by atoms with Gasteiger partial charge in [-0.2, -0.15) is 0 Å². The first kappa shape index (κ1) is 23.5. The molecule has 166 valence electrons. The van der Waals surface area contributed by atoms with Crippen LogP contribution in [0.25, 0.3) is 12.2 Å². The van der Waals surface area contributed by atoms with Crippen molar-refractivity contribution in [1.29, 1.82) is 0 Å². The summed E-state index contributed by atoms with van der Waals surface area (Å²) in [6.45, 7) is 0. The normalized spacial score (nSPS) is 12.0. The van der Waals surface area contributed by atoms with Gasteiger partial charge in [-0.25, -0.2) is 0 Å². The van der Waals surface area contributed by atoms with Crippen molar-refractivity contribution in [3.8, 4) is 11.5 Å². The van der Waals surface area contributed by atoms with E-state index in [2.05, 4.69) is 5.32 Å². The average Bonchev–Trinajstić information content (AvgIpc) is 2.80. The number of hydrogen-bond donors (Lipinski definition) is 3. The van der Waals surface area contributed by atoms with Crippen LogP contribution in [-0.2, 0) is 14.4 Å². The van der Waals surface area contributed by atoms with Crippen molar-refractivity contribution >= 4 is 46.9 Å². The van der Waals surface area contributed by atoms with Crippen LogP contribution in [0.3, 0.4) is 0 Å². The zero-order valence-electron chi connectivity index (χ0n) is 17.3. The molecule has 0 aliphatic rings. The molecule has 0 bridgehead atoms. The molecule has 33 heavy (non-hydrogen) atoms. The Balaban J connectivity index is 1.83. The Morgan fingerprint density at radius 1 is 0.697 bits per heavy atom. The lowest BCUT2D eigenvalue weighted by Crippen LogP contribution is -2.34. The smallest absolute Gasteiger partial charge is 0.243 e. The molecule has 0 aromatic heterocycles. The number of halogens is 1. The van der Waals surface area contributed by atoms with Crippen molar-refractivity contribution in [3.63, 3.8) is 0 Å². The second kappa shape index (κ2) is 10.9. The van der Waals surface area contributed by atoms with Crippen molar-refractivity contribution in [2.75, 3.05) is 5.32 Å². The van der Waals surface area contributed by atoms with Gasteiger partial charge in [-0.1, -0.05) is 48.0 Å². The Labute approximate surface area is 195 Å². The number of carbonyl (C=O) groups is 3. The van der Waals surface area contributed by atoms with Gasteiger partial charge in [0.05, 0.1) is 0 Å². The summed E-state index contributed by atoms with van der Waals surface area (Å²) in [5.74, 6) is -3.63. The van der Waals surface area contributed by atoms with Gasteiger partial charge in [-0.3, -0.25) is 14.4 Å². The van der Waals surface area contributed by atoms with Gasteiger partial charge in [0, 0.05) is 10.7 Å². The Morgan fingerprint density at radius 2 is 1.12 bits per heavy atom. The van der Waals surface area contributed by atoms with E-state index in [-0.39, 0.29) is 11.5 Å². The van der Waals surface area contributed by atoms with E-state index in [0.29, 0.717) is 21.8 Å². The topological polar surface area (TPSA) is 104 Å². The van der Waals surface area contributed by atoms with Crippen molar-refractivity contribution in [3.05, 3.63) is 101 Å². The first-order chi connectivity index (χ1) is 15.8. The lowest BCUT2D eigenvalue weighted by molar-refractivity contribution is -0.134. The third kappa shape index (κ3) is 6.92. The number of phenolic OH excluding ortho intramolecular Hbond substituents is 2. The lowest BCUT2D eigenvalue weighted by Gasteiger charge is -2.12. The molecule has 3 aromatic rings. The number of allylic oxidation sites excluding steroid dienone is 2. The van der Waals surface area contributed by atoms with Gasteiger partial charge in [-0.15, -0.1) is 0 Å². The highest BCUT2D eigenvalue weighted by Crippen LogP contribution is 2.17. The van der Waals surface area contributed by atoms with Gasteiger partial charge in [0.25, 0.3) is 0 Å². The molecule has 3 aromatic carbocycles. The second-order valence-corrected chi connectivity index (χ2v) is 7.52. The zero-order valence-corrected chi connectivity index (χ0v) is 18.1. The molecule has 0 saturated heterocycles. The fourth-order valence-corrected chi connectivity index (χ4v) is 2.99. The van der Waals surface area contributed by atoms with E-state index in [9.17, 15) is 24.6 Å². The number of ketones is 2. The number of anilines is 1. The van der Waals surface area contributed by atoms with Crippen LogP contribution in [0.4, 0.5) is 5.69 Å². The van der Waals surface area contributed by atoms with E-state index >= 15 is 0 Å². The van der Waals surface area contributed by atoms with Gasteiger partial charge in [0.2, 0.25) is 5.91 Å². The maximum atomic E-state index is 12.9. The van der Waals surface area contributed by atoms with E-state index in [1.54, 1.807) is 48.5 Å². The van der Waals surface area contributed by atoms with Gasteiger partial charge >= 0.3 is 0 Å². The van der Waals surface area contributed by atoms with Crippen LogP contribution < -0.4 is 5.32 Å². The lowest BCUT2D eigenvalue weighted by atomic mass is 9.95. The monoisotopic (exact) mass is 461 g/mol. The molecule has 7 heteroatoms. The standard InChI is InChI=1S/C26H20ClNO5/c27-19-7-9-20(10-8-19)28-26(33)25(23(31)15-5-17-1-11-21(29)12-2-17)24(32)16-6-18-3-13-22(30)14-4-18/h1-16,25,29-30H,(H,28,33). The number of rotatable bonds is 8. The Hall–Kier alpha value is -4.16. The molecule has 1 amide bonds. The summed E-state index contributed by atoms with van der Waals surface area (Å²) in [5.41, 5.74) is 1.62. The zero-order chi connectivity index (χ0) is 23.8. The summed E-state index contributed by atoms with van der Waals surface area (Å²) in [7, 11) is 0. The highest BCUT2D eigenvalue weighted by Gasteiger charge is 2.31. The van der Waals surface area contributed by atoms with Crippen LogP contribution in [-0.4, -0.2) is 27.7 Å². The van der Waals surface area contributed by atoms with Gasteiger partial charge in [0.1, 0.15) is 11.5 Å². The number of carbonyl (C=O) groups excluding carboxylic acids is 3. The quantitative estimate of drug-likeness (QED) is 0.328. The van der Waals surface area contributed by atoms with Crippen molar-refractivity contribution in [2.45, 2.75) is 0 Å². The second-order valence-electron chi connectivity index (χ2n) is 7.08. The van der Waals surface area contributed by atoms with Gasteiger partial charge < -0.3 is 15.5 Å². The highest BCUT2D eigenvalue weighted by atomic mass is 35.5. The Kier molecular flexibility index (Phi) is 7.78. The van der Waals surface area contributed by atoms with Crippen molar-refractivity contribution in [2.24, 2.45) is 5.92 Å². The van der Waals surface area contributed by atoms with E-state index in [4.69, 9.17) is 11.6 Å². The molecule has 0 spiro atoms. The van der Waals surface area contributed by atoms with Crippen molar-refractivity contribution < 1.29 is 24.6 Å². The molecular weight excluding hydrogens is 442 g/mol. The van der Waals surface area contributed by atoms with Gasteiger partial charge in [0.15, 0.2) is 17.5 Å². The van der Waals surface area contributed by atoms with Gasteiger partial charge in [-0.05, 0) is 71.8 Å². The Morgan fingerprint density at radius 3 is 1.55 bits per heavy atom. The maximum absolute atomic E-state index is 12.9. The molecule has 0 saturated carbocycles. The summed E-state index contributed by atoms with van der Waals surface area (Å²) < 4.78 is 0. The largest absolute Gasteiger partial charge is 0.508 e. The van der Waals surface area contributed by atoms with E-state index < -0.39 is 23.4 Å². The molecular formula is C26H20ClNO5. The molecule has 0 aliphatic carbocycles. The summed E-state index contributed by atoms with van der Waals surface area (Å²) in [6, 6.07) is 18.5. The van der Waals surface area contributed by atoms with E-state index in [1.165, 1.54) is 36.4 Å². The van der Waals surface area contributed by atoms with E-state index in [1.807, 2.05) is 0 Å². The molecule has 3 rings (SSSR count). The molecule has 0 aliphatic heterocycles. The predicted octanol–water partition coefficient (Wildman–Crippen LogP) is 4.87.